The molecule has 2 aromatic heterocycles. The Morgan fingerprint density at radius 3 is 2.74 bits per heavy atom. The van der Waals surface area contributed by atoms with Crippen LogP contribution in [0.4, 0.5) is 4.39 Å². The molecule has 4 rings (SSSR count). The van der Waals surface area contributed by atoms with Gasteiger partial charge in [-0.2, -0.15) is 5.10 Å². The Balaban J connectivity index is 1.60. The predicted molar refractivity (Wildman–Crippen MR) is 107 cm³/mol. The summed E-state index contributed by atoms with van der Waals surface area (Å²) < 4.78 is 15.0. The summed E-state index contributed by atoms with van der Waals surface area (Å²) in [4.78, 5) is 14.0. The van der Waals surface area contributed by atoms with Gasteiger partial charge in [-0.1, -0.05) is 35.9 Å². The first kappa shape index (κ1) is 17.7. The van der Waals surface area contributed by atoms with Crippen molar-refractivity contribution in [3.8, 4) is 11.3 Å². The van der Waals surface area contributed by atoms with Crippen molar-refractivity contribution < 1.29 is 9.18 Å². The number of thiophene rings is 1. The first-order chi connectivity index (χ1) is 13.0. The van der Waals surface area contributed by atoms with Gasteiger partial charge in [-0.05, 0) is 35.9 Å². The maximum atomic E-state index is 13.3. The number of fused-ring (bicyclic) bond motifs is 1. The van der Waals surface area contributed by atoms with Crippen molar-refractivity contribution in [1.29, 1.82) is 0 Å². The van der Waals surface area contributed by atoms with Crippen molar-refractivity contribution >= 4 is 39.1 Å². The number of amides is 1. The molecular formula is C20H15ClFN3OS. The molecule has 0 aliphatic heterocycles. The van der Waals surface area contributed by atoms with Crippen molar-refractivity contribution in [3.05, 3.63) is 75.9 Å². The van der Waals surface area contributed by atoms with Crippen LogP contribution in [0, 0.1) is 5.82 Å². The Labute approximate surface area is 164 Å². The van der Waals surface area contributed by atoms with E-state index in [-0.39, 0.29) is 18.3 Å². The molecule has 0 fully saturated rings. The van der Waals surface area contributed by atoms with Crippen LogP contribution >= 0.6 is 22.9 Å². The van der Waals surface area contributed by atoms with Gasteiger partial charge in [0, 0.05) is 29.6 Å². The molecule has 1 N–H and O–H groups in total. The maximum Gasteiger partial charge on any atom is 0.261 e. The first-order valence-corrected chi connectivity index (χ1v) is 9.46. The van der Waals surface area contributed by atoms with Gasteiger partial charge >= 0.3 is 0 Å². The van der Waals surface area contributed by atoms with Crippen LogP contribution in [0.2, 0.25) is 5.02 Å². The van der Waals surface area contributed by atoms with Gasteiger partial charge in [-0.15, -0.1) is 11.3 Å². The molecule has 2 heterocycles. The molecule has 4 aromatic rings. The second kappa shape index (κ2) is 7.13. The van der Waals surface area contributed by atoms with Crippen LogP contribution in [-0.4, -0.2) is 15.7 Å². The van der Waals surface area contributed by atoms with Crippen LogP contribution < -0.4 is 5.32 Å². The minimum atomic E-state index is -0.317. The van der Waals surface area contributed by atoms with Crippen LogP contribution in [0.5, 0.6) is 0 Å². The minimum Gasteiger partial charge on any atom is -0.347 e. The number of benzene rings is 2. The van der Waals surface area contributed by atoms with E-state index < -0.39 is 0 Å². The average molecular weight is 400 g/mol. The van der Waals surface area contributed by atoms with Gasteiger partial charge in [-0.3, -0.25) is 9.48 Å². The molecule has 0 spiro atoms. The number of hydrogen-bond acceptors (Lipinski definition) is 3. The summed E-state index contributed by atoms with van der Waals surface area (Å²) in [6.45, 7) is 0.271. The van der Waals surface area contributed by atoms with Crippen LogP contribution in [0.15, 0.2) is 54.6 Å². The van der Waals surface area contributed by atoms with Gasteiger partial charge in [0.25, 0.3) is 5.91 Å². The van der Waals surface area contributed by atoms with Crippen molar-refractivity contribution in [2.24, 2.45) is 7.05 Å². The zero-order chi connectivity index (χ0) is 19.0. The van der Waals surface area contributed by atoms with E-state index in [0.29, 0.717) is 15.5 Å². The number of nitrogens with zero attached hydrogens (tertiary/aromatic N) is 2. The van der Waals surface area contributed by atoms with Crippen LogP contribution in [0.25, 0.3) is 21.5 Å². The normalized spacial score (nSPS) is 11.1. The lowest BCUT2D eigenvalue weighted by molar-refractivity contribution is 0.0955. The smallest absolute Gasteiger partial charge is 0.261 e. The monoisotopic (exact) mass is 399 g/mol. The summed E-state index contributed by atoms with van der Waals surface area (Å²) in [5, 5.41) is 8.98. The second-order valence-corrected chi connectivity index (χ2v) is 7.59. The summed E-state index contributed by atoms with van der Waals surface area (Å²) in [7, 11) is 1.85. The molecule has 2 aromatic carbocycles. The van der Waals surface area contributed by atoms with Crippen molar-refractivity contribution in [3.63, 3.8) is 0 Å². The molecule has 0 atom stereocenters. The highest BCUT2D eigenvalue weighted by atomic mass is 35.5. The zero-order valence-corrected chi connectivity index (χ0v) is 15.9. The summed E-state index contributed by atoms with van der Waals surface area (Å²) >= 11 is 7.34. The number of aryl methyl sites for hydroxylation is 1. The van der Waals surface area contributed by atoms with Gasteiger partial charge in [-0.25, -0.2) is 4.39 Å². The molecule has 4 nitrogen and oxygen atoms in total. The number of halogens is 2. The van der Waals surface area contributed by atoms with Gasteiger partial charge in [0.05, 0.1) is 4.88 Å². The number of rotatable bonds is 4. The summed E-state index contributed by atoms with van der Waals surface area (Å²) in [6, 6.07) is 15.5. The molecule has 1 amide bonds. The van der Waals surface area contributed by atoms with E-state index in [9.17, 15) is 9.18 Å². The fourth-order valence-electron chi connectivity index (χ4n) is 2.89. The van der Waals surface area contributed by atoms with E-state index in [0.717, 1.165) is 21.5 Å². The van der Waals surface area contributed by atoms with Crippen LogP contribution in [0.1, 0.15) is 15.2 Å². The fourth-order valence-corrected chi connectivity index (χ4v) is 4.00. The highest BCUT2D eigenvalue weighted by Gasteiger charge is 2.17. The quantitative estimate of drug-likeness (QED) is 0.523. The van der Waals surface area contributed by atoms with E-state index >= 15 is 0 Å². The molecule has 7 heteroatoms. The standard InChI is InChI=1S/C20H15ClFN3OS/c1-25-20-16(18(24-25)13-5-7-14(21)8-6-13)10-17(27-20)19(26)23-11-12-3-2-4-15(22)9-12/h2-10H,11H2,1H3,(H,23,26). The summed E-state index contributed by atoms with van der Waals surface area (Å²) in [6.07, 6.45) is 0. The molecule has 0 unspecified atom stereocenters. The minimum absolute atomic E-state index is 0.192. The zero-order valence-electron chi connectivity index (χ0n) is 14.4. The lowest BCUT2D eigenvalue weighted by Crippen LogP contribution is -2.21. The fraction of sp³-hybridized carbons (Fsp3) is 0.100. The first-order valence-electron chi connectivity index (χ1n) is 8.26. The molecule has 27 heavy (non-hydrogen) atoms. The molecule has 0 aliphatic carbocycles. The third kappa shape index (κ3) is 3.59. The molecule has 0 saturated carbocycles. The van der Waals surface area contributed by atoms with Gasteiger partial charge in [0.1, 0.15) is 16.3 Å². The molecule has 0 bridgehead atoms. The number of nitrogens with one attached hydrogen (secondary N) is 1. The van der Waals surface area contributed by atoms with Crippen molar-refractivity contribution in [2.45, 2.75) is 6.54 Å². The molecule has 0 radical (unpaired) electrons. The van der Waals surface area contributed by atoms with E-state index in [1.54, 1.807) is 16.8 Å². The largest absolute Gasteiger partial charge is 0.347 e. The van der Waals surface area contributed by atoms with Crippen LogP contribution in [0.3, 0.4) is 0 Å². The third-order valence-corrected chi connectivity index (χ3v) is 5.65. The molecule has 0 saturated heterocycles. The molecular weight excluding hydrogens is 385 g/mol. The maximum absolute atomic E-state index is 13.3. The second-order valence-electron chi connectivity index (χ2n) is 6.12. The number of carbonyl (C=O) groups is 1. The van der Waals surface area contributed by atoms with Crippen LogP contribution in [-0.2, 0) is 13.6 Å². The highest BCUT2D eigenvalue weighted by Crippen LogP contribution is 2.34. The number of carbonyl (C=O) groups excluding carboxylic acids is 1. The Morgan fingerprint density at radius 2 is 2.00 bits per heavy atom. The Hall–Kier alpha value is -2.70. The number of aromatic nitrogens is 2. The lowest BCUT2D eigenvalue weighted by Gasteiger charge is -2.04. The van der Waals surface area contributed by atoms with Crippen molar-refractivity contribution in [1.82, 2.24) is 15.1 Å². The van der Waals surface area contributed by atoms with E-state index in [1.807, 2.05) is 37.4 Å². The number of hydrogen-bond donors (Lipinski definition) is 1. The van der Waals surface area contributed by atoms with Crippen molar-refractivity contribution in [2.75, 3.05) is 0 Å². The van der Waals surface area contributed by atoms with E-state index in [4.69, 9.17) is 11.6 Å². The summed E-state index contributed by atoms with van der Waals surface area (Å²) in [5.74, 6) is -0.509. The van der Waals surface area contributed by atoms with E-state index in [1.165, 1.54) is 23.5 Å². The highest BCUT2D eigenvalue weighted by molar-refractivity contribution is 7.20. The predicted octanol–water partition coefficient (Wildman–Crippen LogP) is 5.02. The molecule has 136 valence electrons. The Bertz CT molecular complexity index is 1130. The molecule has 0 aliphatic rings. The van der Waals surface area contributed by atoms with Gasteiger partial charge in [0.2, 0.25) is 0 Å². The Morgan fingerprint density at radius 1 is 1.22 bits per heavy atom. The Kier molecular flexibility index (Phi) is 4.68. The summed E-state index contributed by atoms with van der Waals surface area (Å²) in [5.41, 5.74) is 2.46. The third-order valence-electron chi connectivity index (χ3n) is 4.20. The lowest BCUT2D eigenvalue weighted by atomic mass is 10.1. The SMILES string of the molecule is Cn1nc(-c2ccc(Cl)cc2)c2cc(C(=O)NCc3cccc(F)c3)sc21. The van der Waals surface area contributed by atoms with Gasteiger partial charge < -0.3 is 5.32 Å². The van der Waals surface area contributed by atoms with E-state index in [2.05, 4.69) is 10.4 Å². The average Bonchev–Trinajstić information content (AvgIpc) is 3.21. The van der Waals surface area contributed by atoms with Gasteiger partial charge in [0.15, 0.2) is 0 Å². The topological polar surface area (TPSA) is 46.9 Å².